The molecule has 1 unspecified atom stereocenters. The molecule has 0 fully saturated rings. The van der Waals surface area contributed by atoms with E-state index in [1.54, 1.807) is 0 Å². The standard InChI is InChI=1S/C11H14N2.C6H14.C4H10/c1-3-8(2)11-9-6-4-5-7-10(9)12-13-11;1-3-5-6-4-2;1-3-4-2/h4-8H,3H2,1-2H3,(H,12,13);3-6H2,1-2H3;3-4H2,1-2H3. The lowest BCUT2D eigenvalue weighted by Gasteiger charge is -2.04. The molecular weight excluding hydrogens is 280 g/mol. The Morgan fingerprint density at radius 3 is 1.91 bits per heavy atom. The van der Waals surface area contributed by atoms with Gasteiger partial charge in [0, 0.05) is 11.1 Å². The van der Waals surface area contributed by atoms with Gasteiger partial charge in [0.2, 0.25) is 0 Å². The monoisotopic (exact) mass is 318 g/mol. The van der Waals surface area contributed by atoms with Crippen molar-refractivity contribution in [3.63, 3.8) is 0 Å². The number of H-pyrrole nitrogens is 1. The third-order valence-electron chi connectivity index (χ3n) is 4.05. The highest BCUT2D eigenvalue weighted by atomic mass is 15.1. The minimum Gasteiger partial charge on any atom is -0.281 e. The predicted molar refractivity (Wildman–Crippen MR) is 105 cm³/mol. The third kappa shape index (κ3) is 8.78. The second-order valence-corrected chi connectivity index (χ2v) is 6.17. The van der Waals surface area contributed by atoms with Gasteiger partial charge in [-0.05, 0) is 18.4 Å². The maximum atomic E-state index is 4.26. The molecule has 0 aliphatic heterocycles. The molecule has 1 N–H and O–H groups in total. The highest BCUT2D eigenvalue weighted by molar-refractivity contribution is 5.81. The number of hydrogen-bond donors (Lipinski definition) is 1. The summed E-state index contributed by atoms with van der Waals surface area (Å²) in [5.74, 6) is 0.562. The molecular formula is C21H38N2. The van der Waals surface area contributed by atoms with Crippen molar-refractivity contribution in [2.24, 2.45) is 0 Å². The predicted octanol–water partition coefficient (Wildman–Crippen LogP) is 7.47. The van der Waals surface area contributed by atoms with Gasteiger partial charge in [-0.25, -0.2) is 0 Å². The van der Waals surface area contributed by atoms with Gasteiger partial charge >= 0.3 is 0 Å². The molecule has 23 heavy (non-hydrogen) atoms. The summed E-state index contributed by atoms with van der Waals surface area (Å²) in [5, 5.41) is 8.64. The molecule has 2 rings (SSSR count). The number of nitrogens with zero attached hydrogens (tertiary/aromatic N) is 1. The second-order valence-electron chi connectivity index (χ2n) is 6.17. The number of aromatic nitrogens is 2. The van der Waals surface area contributed by atoms with Crippen LogP contribution in [0.5, 0.6) is 0 Å². The molecule has 1 heterocycles. The van der Waals surface area contributed by atoms with Crippen LogP contribution in [-0.2, 0) is 0 Å². The molecule has 0 saturated heterocycles. The lowest BCUT2D eigenvalue weighted by Crippen LogP contribution is -1.91. The van der Waals surface area contributed by atoms with Crippen LogP contribution < -0.4 is 0 Å². The maximum absolute atomic E-state index is 4.26. The number of fused-ring (bicyclic) bond motifs is 1. The van der Waals surface area contributed by atoms with E-state index in [0.29, 0.717) is 5.92 Å². The number of aromatic amines is 1. The molecule has 132 valence electrons. The molecule has 2 heteroatoms. The van der Waals surface area contributed by atoms with Gasteiger partial charge in [-0.15, -0.1) is 0 Å². The summed E-state index contributed by atoms with van der Waals surface area (Å²) in [6, 6.07) is 8.24. The summed E-state index contributed by atoms with van der Waals surface area (Å²) in [6.45, 7) is 13.2. The summed E-state index contributed by atoms with van der Waals surface area (Å²) in [7, 11) is 0. The first kappa shape index (κ1) is 21.7. The van der Waals surface area contributed by atoms with Crippen LogP contribution in [0.25, 0.3) is 10.9 Å². The molecule has 1 aromatic carbocycles. The van der Waals surface area contributed by atoms with Gasteiger partial charge in [0.25, 0.3) is 0 Å². The quantitative estimate of drug-likeness (QED) is 0.550. The highest BCUT2D eigenvalue weighted by Crippen LogP contribution is 2.24. The van der Waals surface area contributed by atoms with E-state index in [1.165, 1.54) is 49.6 Å². The average Bonchev–Trinajstić information content (AvgIpc) is 3.04. The zero-order valence-electron chi connectivity index (χ0n) is 16.3. The lowest BCUT2D eigenvalue weighted by molar-refractivity contribution is 0.702. The summed E-state index contributed by atoms with van der Waals surface area (Å²) in [4.78, 5) is 0. The summed E-state index contributed by atoms with van der Waals surface area (Å²) < 4.78 is 0. The normalized spacial score (nSPS) is 11.2. The van der Waals surface area contributed by atoms with Crippen molar-refractivity contribution in [1.82, 2.24) is 10.2 Å². The van der Waals surface area contributed by atoms with E-state index in [2.05, 4.69) is 63.9 Å². The average molecular weight is 319 g/mol. The van der Waals surface area contributed by atoms with E-state index in [-0.39, 0.29) is 0 Å². The number of hydrogen-bond acceptors (Lipinski definition) is 1. The number of rotatable bonds is 6. The molecule has 0 aliphatic rings. The van der Waals surface area contributed by atoms with Gasteiger partial charge in [0.1, 0.15) is 0 Å². The Morgan fingerprint density at radius 2 is 1.43 bits per heavy atom. The zero-order valence-corrected chi connectivity index (χ0v) is 16.3. The summed E-state index contributed by atoms with van der Waals surface area (Å²) in [5.41, 5.74) is 2.33. The molecule has 1 atom stereocenters. The number of nitrogens with one attached hydrogen (secondary N) is 1. The smallest absolute Gasteiger partial charge is 0.0923 e. The summed E-state index contributed by atoms with van der Waals surface area (Å²) in [6.07, 6.45) is 9.32. The number of unbranched alkanes of at least 4 members (excludes halogenated alkanes) is 4. The largest absolute Gasteiger partial charge is 0.281 e. The van der Waals surface area contributed by atoms with Gasteiger partial charge in [-0.3, -0.25) is 5.10 Å². The van der Waals surface area contributed by atoms with E-state index >= 15 is 0 Å². The van der Waals surface area contributed by atoms with Gasteiger partial charge in [0.15, 0.2) is 0 Å². The molecule has 2 nitrogen and oxygen atoms in total. The summed E-state index contributed by atoms with van der Waals surface area (Å²) >= 11 is 0. The van der Waals surface area contributed by atoms with E-state index in [4.69, 9.17) is 0 Å². The van der Waals surface area contributed by atoms with E-state index < -0.39 is 0 Å². The van der Waals surface area contributed by atoms with Crippen molar-refractivity contribution in [3.05, 3.63) is 30.0 Å². The van der Waals surface area contributed by atoms with Crippen molar-refractivity contribution >= 4 is 10.9 Å². The Hall–Kier alpha value is -1.31. The lowest BCUT2D eigenvalue weighted by atomic mass is 10.0. The highest BCUT2D eigenvalue weighted by Gasteiger charge is 2.09. The zero-order chi connectivity index (χ0) is 17.5. The fourth-order valence-corrected chi connectivity index (χ4v) is 2.06. The van der Waals surface area contributed by atoms with Crippen molar-refractivity contribution < 1.29 is 0 Å². The molecule has 0 bridgehead atoms. The molecule has 2 aromatic rings. The molecule has 1 aromatic heterocycles. The number of para-hydroxylation sites is 1. The van der Waals surface area contributed by atoms with E-state index in [0.717, 1.165) is 11.9 Å². The van der Waals surface area contributed by atoms with Crippen LogP contribution in [0, 0.1) is 0 Å². The third-order valence-corrected chi connectivity index (χ3v) is 4.05. The molecule has 0 spiro atoms. The fourth-order valence-electron chi connectivity index (χ4n) is 2.06. The Balaban J connectivity index is 0.000000407. The van der Waals surface area contributed by atoms with Gasteiger partial charge in [0.05, 0.1) is 5.52 Å². The maximum Gasteiger partial charge on any atom is 0.0923 e. The molecule has 0 amide bonds. The van der Waals surface area contributed by atoms with Gasteiger partial charge in [-0.2, -0.15) is 5.10 Å². The van der Waals surface area contributed by atoms with Crippen LogP contribution in [0.4, 0.5) is 0 Å². The van der Waals surface area contributed by atoms with Crippen molar-refractivity contribution in [3.8, 4) is 0 Å². The first-order valence-corrected chi connectivity index (χ1v) is 9.58. The number of benzene rings is 1. The van der Waals surface area contributed by atoms with Crippen LogP contribution in [-0.4, -0.2) is 10.2 Å². The SMILES string of the molecule is CCC(C)c1[nH]nc2ccccc12.CCCC.CCCCCC. The van der Waals surface area contributed by atoms with Crippen LogP contribution in [0.1, 0.15) is 98.1 Å². The Labute approximate surface area is 144 Å². The molecule has 0 saturated carbocycles. The van der Waals surface area contributed by atoms with E-state index in [9.17, 15) is 0 Å². The molecule has 0 aliphatic carbocycles. The second kappa shape index (κ2) is 14.3. The first-order chi connectivity index (χ1) is 11.2. The minimum atomic E-state index is 0.562. The fraction of sp³-hybridized carbons (Fsp3) is 0.667. The first-order valence-electron chi connectivity index (χ1n) is 9.58. The van der Waals surface area contributed by atoms with E-state index in [1.807, 2.05) is 12.1 Å². The Bertz CT molecular complexity index is 481. The molecule has 0 radical (unpaired) electrons. The van der Waals surface area contributed by atoms with Crippen molar-refractivity contribution in [1.29, 1.82) is 0 Å². The minimum absolute atomic E-state index is 0.562. The van der Waals surface area contributed by atoms with Crippen molar-refractivity contribution in [2.45, 2.75) is 92.4 Å². The van der Waals surface area contributed by atoms with Crippen molar-refractivity contribution in [2.75, 3.05) is 0 Å². The Kier molecular flexibility index (Phi) is 13.5. The van der Waals surface area contributed by atoms with Crippen LogP contribution in [0.2, 0.25) is 0 Å². The topological polar surface area (TPSA) is 28.7 Å². The van der Waals surface area contributed by atoms with Crippen LogP contribution in [0.3, 0.4) is 0 Å². The van der Waals surface area contributed by atoms with Gasteiger partial charge in [-0.1, -0.05) is 98.3 Å². The van der Waals surface area contributed by atoms with Crippen LogP contribution >= 0.6 is 0 Å². The van der Waals surface area contributed by atoms with Gasteiger partial charge < -0.3 is 0 Å². The Morgan fingerprint density at radius 1 is 0.870 bits per heavy atom. The van der Waals surface area contributed by atoms with Crippen LogP contribution in [0.15, 0.2) is 24.3 Å².